The summed E-state index contributed by atoms with van der Waals surface area (Å²) in [4.78, 5) is 12.1. The molecule has 0 aliphatic carbocycles. The van der Waals surface area contributed by atoms with Crippen LogP contribution in [0.25, 0.3) is 0 Å². The summed E-state index contributed by atoms with van der Waals surface area (Å²) >= 11 is 15.0. The van der Waals surface area contributed by atoms with Gasteiger partial charge >= 0.3 is 0 Å². The molecule has 2 rings (SSSR count). The Bertz CT molecular complexity index is 631. The van der Waals surface area contributed by atoms with Crippen molar-refractivity contribution in [2.75, 3.05) is 0 Å². The molecule has 2 aromatic rings. The van der Waals surface area contributed by atoms with E-state index in [1.807, 2.05) is 24.3 Å². The SMILES string of the molecule is O=C(NCc1cccc(CCl)c1)c1ccc(Cl)cc1Br. The van der Waals surface area contributed by atoms with Crippen LogP contribution in [0.15, 0.2) is 46.9 Å². The number of hydrogen-bond donors (Lipinski definition) is 1. The summed E-state index contributed by atoms with van der Waals surface area (Å²) in [6.07, 6.45) is 0. The highest BCUT2D eigenvalue weighted by Gasteiger charge is 2.10. The second kappa shape index (κ2) is 7.11. The van der Waals surface area contributed by atoms with Gasteiger partial charge in [-0.1, -0.05) is 35.9 Å². The summed E-state index contributed by atoms with van der Waals surface area (Å²) in [7, 11) is 0. The van der Waals surface area contributed by atoms with Gasteiger partial charge in [0.2, 0.25) is 0 Å². The van der Waals surface area contributed by atoms with Gasteiger partial charge in [-0.2, -0.15) is 0 Å². The number of hydrogen-bond acceptors (Lipinski definition) is 1. The Morgan fingerprint density at radius 2 is 1.90 bits per heavy atom. The van der Waals surface area contributed by atoms with Gasteiger partial charge in [0.25, 0.3) is 5.91 Å². The maximum absolute atomic E-state index is 12.1. The van der Waals surface area contributed by atoms with E-state index in [1.54, 1.807) is 18.2 Å². The van der Waals surface area contributed by atoms with E-state index in [0.29, 0.717) is 27.5 Å². The number of carbonyl (C=O) groups is 1. The Morgan fingerprint density at radius 1 is 1.15 bits per heavy atom. The number of rotatable bonds is 4. The fraction of sp³-hybridized carbons (Fsp3) is 0.133. The van der Waals surface area contributed by atoms with Crippen molar-refractivity contribution < 1.29 is 4.79 Å². The van der Waals surface area contributed by atoms with Gasteiger partial charge < -0.3 is 5.32 Å². The van der Waals surface area contributed by atoms with Crippen LogP contribution >= 0.6 is 39.1 Å². The summed E-state index contributed by atoms with van der Waals surface area (Å²) in [5, 5.41) is 3.46. The van der Waals surface area contributed by atoms with Crippen LogP contribution in [0.3, 0.4) is 0 Å². The molecule has 2 aromatic carbocycles. The summed E-state index contributed by atoms with van der Waals surface area (Å²) in [6, 6.07) is 12.9. The summed E-state index contributed by atoms with van der Waals surface area (Å²) in [6.45, 7) is 0.457. The van der Waals surface area contributed by atoms with Crippen molar-refractivity contribution in [3.63, 3.8) is 0 Å². The van der Waals surface area contributed by atoms with Crippen molar-refractivity contribution in [1.29, 1.82) is 0 Å². The number of nitrogens with one attached hydrogen (secondary N) is 1. The number of amides is 1. The Hall–Kier alpha value is -1.03. The predicted molar refractivity (Wildman–Crippen MR) is 86.3 cm³/mol. The lowest BCUT2D eigenvalue weighted by Gasteiger charge is -2.08. The minimum absolute atomic E-state index is 0.148. The number of alkyl halides is 1. The van der Waals surface area contributed by atoms with Crippen molar-refractivity contribution in [3.05, 3.63) is 68.7 Å². The first kappa shape index (κ1) is 15.4. The first-order chi connectivity index (χ1) is 9.60. The lowest BCUT2D eigenvalue weighted by molar-refractivity contribution is 0.0950. The number of benzene rings is 2. The van der Waals surface area contributed by atoms with E-state index in [2.05, 4.69) is 21.2 Å². The van der Waals surface area contributed by atoms with E-state index in [-0.39, 0.29) is 5.91 Å². The third-order valence-electron chi connectivity index (χ3n) is 2.77. The molecule has 5 heteroatoms. The average molecular weight is 373 g/mol. The second-order valence-electron chi connectivity index (χ2n) is 4.26. The second-order valence-corrected chi connectivity index (χ2v) is 5.82. The first-order valence-corrected chi connectivity index (χ1v) is 7.67. The molecule has 0 heterocycles. The molecule has 2 nitrogen and oxygen atoms in total. The average Bonchev–Trinajstić information content (AvgIpc) is 2.45. The molecule has 0 aromatic heterocycles. The maximum Gasteiger partial charge on any atom is 0.252 e. The molecular weight excluding hydrogens is 361 g/mol. The van der Waals surface area contributed by atoms with Gasteiger partial charge in [-0.3, -0.25) is 4.79 Å². The molecule has 1 amide bonds. The van der Waals surface area contributed by atoms with Crippen molar-refractivity contribution >= 4 is 45.0 Å². The number of halogens is 3. The highest BCUT2D eigenvalue weighted by Crippen LogP contribution is 2.21. The zero-order valence-electron chi connectivity index (χ0n) is 10.5. The normalized spacial score (nSPS) is 10.3. The Kier molecular flexibility index (Phi) is 5.46. The monoisotopic (exact) mass is 371 g/mol. The molecular formula is C15H12BrCl2NO. The van der Waals surface area contributed by atoms with Gasteiger partial charge in [-0.25, -0.2) is 0 Å². The largest absolute Gasteiger partial charge is 0.348 e. The van der Waals surface area contributed by atoms with Crippen LogP contribution in [-0.2, 0) is 12.4 Å². The van der Waals surface area contributed by atoms with E-state index in [9.17, 15) is 4.79 Å². The molecule has 0 aliphatic rings. The Labute approximate surface area is 136 Å². The van der Waals surface area contributed by atoms with Crippen molar-refractivity contribution in [2.45, 2.75) is 12.4 Å². The van der Waals surface area contributed by atoms with Gasteiger partial charge in [0.1, 0.15) is 0 Å². The third kappa shape index (κ3) is 3.98. The third-order valence-corrected chi connectivity index (χ3v) is 3.97. The predicted octanol–water partition coefficient (Wildman–Crippen LogP) is 4.77. The van der Waals surface area contributed by atoms with E-state index in [4.69, 9.17) is 23.2 Å². The molecule has 104 valence electrons. The highest BCUT2D eigenvalue weighted by atomic mass is 79.9. The van der Waals surface area contributed by atoms with Gasteiger partial charge in [-0.15, -0.1) is 11.6 Å². The van der Waals surface area contributed by atoms with Crippen molar-refractivity contribution in [1.82, 2.24) is 5.32 Å². The van der Waals surface area contributed by atoms with Gasteiger partial charge in [0.15, 0.2) is 0 Å². The Morgan fingerprint density at radius 3 is 2.60 bits per heavy atom. The molecule has 0 spiro atoms. The van der Waals surface area contributed by atoms with Crippen LogP contribution in [0.2, 0.25) is 5.02 Å². The summed E-state index contributed by atoms with van der Waals surface area (Å²) < 4.78 is 0.678. The number of carbonyl (C=O) groups excluding carboxylic acids is 1. The van der Waals surface area contributed by atoms with Gasteiger partial charge in [-0.05, 0) is 45.3 Å². The van der Waals surface area contributed by atoms with Gasteiger partial charge in [0.05, 0.1) is 5.56 Å². The van der Waals surface area contributed by atoms with E-state index < -0.39 is 0 Å². The lowest BCUT2D eigenvalue weighted by Crippen LogP contribution is -2.23. The molecule has 0 atom stereocenters. The Balaban J connectivity index is 2.04. The molecule has 0 fully saturated rings. The maximum atomic E-state index is 12.1. The van der Waals surface area contributed by atoms with Gasteiger partial charge in [0, 0.05) is 21.9 Å². The minimum Gasteiger partial charge on any atom is -0.348 e. The van der Waals surface area contributed by atoms with E-state index >= 15 is 0 Å². The highest BCUT2D eigenvalue weighted by molar-refractivity contribution is 9.10. The lowest BCUT2D eigenvalue weighted by atomic mass is 10.1. The van der Waals surface area contributed by atoms with E-state index in [0.717, 1.165) is 11.1 Å². The fourth-order valence-corrected chi connectivity index (χ4v) is 2.80. The van der Waals surface area contributed by atoms with Crippen LogP contribution in [0.1, 0.15) is 21.5 Å². The zero-order valence-corrected chi connectivity index (χ0v) is 13.6. The molecule has 0 radical (unpaired) electrons. The smallest absolute Gasteiger partial charge is 0.252 e. The van der Waals surface area contributed by atoms with Crippen molar-refractivity contribution in [3.8, 4) is 0 Å². The standard InChI is InChI=1S/C15H12BrCl2NO/c16-14-7-12(18)4-5-13(14)15(20)19-9-11-3-1-2-10(6-11)8-17/h1-7H,8-9H2,(H,19,20). The van der Waals surface area contributed by atoms with E-state index in [1.165, 1.54) is 0 Å². The molecule has 0 aliphatic heterocycles. The van der Waals surface area contributed by atoms with Crippen LogP contribution in [-0.4, -0.2) is 5.91 Å². The zero-order chi connectivity index (χ0) is 14.5. The fourth-order valence-electron chi connectivity index (χ4n) is 1.77. The molecule has 0 bridgehead atoms. The quantitative estimate of drug-likeness (QED) is 0.769. The van der Waals surface area contributed by atoms with Crippen LogP contribution in [0, 0.1) is 0 Å². The summed E-state index contributed by atoms with van der Waals surface area (Å²) in [5.74, 6) is 0.314. The first-order valence-electron chi connectivity index (χ1n) is 5.97. The summed E-state index contributed by atoms with van der Waals surface area (Å²) in [5.41, 5.74) is 2.61. The molecule has 0 saturated carbocycles. The minimum atomic E-state index is -0.148. The van der Waals surface area contributed by atoms with Crippen molar-refractivity contribution in [2.24, 2.45) is 0 Å². The van der Waals surface area contributed by atoms with Crippen LogP contribution in [0.4, 0.5) is 0 Å². The topological polar surface area (TPSA) is 29.1 Å². The molecule has 0 unspecified atom stereocenters. The van der Waals surface area contributed by atoms with Crippen LogP contribution in [0.5, 0.6) is 0 Å². The molecule has 0 saturated heterocycles. The molecule has 20 heavy (non-hydrogen) atoms. The van der Waals surface area contributed by atoms with Crippen LogP contribution < -0.4 is 5.32 Å². The molecule has 1 N–H and O–H groups in total.